The van der Waals surface area contributed by atoms with Crippen molar-refractivity contribution in [3.63, 3.8) is 0 Å². The Bertz CT molecular complexity index is 2960. The Hall–Kier alpha value is -6.13. The summed E-state index contributed by atoms with van der Waals surface area (Å²) >= 11 is 0. The standard InChI is InChI=1S/C56H53N4/c1-8-56(9-2)46-29-18-26-38-36(6)39-27-17-25-37(34(3)4)50(39)58-32-31-57(54(58)49(38)46)33-47(56)53-59-48-30-15-14-22-42(48)40-20-10-12-23-43(40)51(59)52-44-24-13-11-21-41(44)45-28-16-19-35(5)55(45,7)60(52)53/h10-34,36,45,53H,8-9H2,1-7H3/q+1. The summed E-state index contributed by atoms with van der Waals surface area (Å²) in [4.78, 5) is 5.68. The monoisotopic (exact) mass is 781 g/mol. The fourth-order valence-electron chi connectivity index (χ4n) is 12.7. The molecule has 0 fully saturated rings. The smallest absolute Gasteiger partial charge is 0.299 e. The summed E-state index contributed by atoms with van der Waals surface area (Å²) in [5.41, 5.74) is 21.2. The molecular formula is C56H53N4+. The quantitative estimate of drug-likeness (QED) is 0.166. The van der Waals surface area contributed by atoms with Crippen molar-refractivity contribution >= 4 is 23.3 Å². The van der Waals surface area contributed by atoms with Crippen LogP contribution >= 0.6 is 0 Å². The molecule has 0 bridgehead atoms. The molecule has 4 unspecified atom stereocenters. The van der Waals surface area contributed by atoms with Gasteiger partial charge in [-0.15, -0.1) is 0 Å². The number of imidazole rings is 1. The first-order valence-electron chi connectivity index (χ1n) is 22.3. The molecule has 5 aromatic carbocycles. The summed E-state index contributed by atoms with van der Waals surface area (Å²) in [6.07, 6.45) is 16.3. The van der Waals surface area contributed by atoms with Gasteiger partial charge in [0.25, 0.3) is 5.82 Å². The summed E-state index contributed by atoms with van der Waals surface area (Å²) in [6, 6.07) is 41.9. The maximum atomic E-state index is 2.90. The first kappa shape index (κ1) is 35.8. The van der Waals surface area contributed by atoms with E-state index in [4.69, 9.17) is 0 Å². The second kappa shape index (κ2) is 12.5. The van der Waals surface area contributed by atoms with E-state index in [1.54, 1.807) is 0 Å². The summed E-state index contributed by atoms with van der Waals surface area (Å²) in [5.74, 6) is 2.06. The molecule has 4 heteroatoms. The minimum atomic E-state index is -0.340. The third-order valence-corrected chi connectivity index (χ3v) is 15.8. The van der Waals surface area contributed by atoms with Gasteiger partial charge in [-0.2, -0.15) is 4.57 Å². The van der Waals surface area contributed by atoms with Crippen LogP contribution in [0.3, 0.4) is 0 Å². The van der Waals surface area contributed by atoms with Crippen LogP contribution in [0.25, 0.3) is 45.8 Å². The Morgan fingerprint density at radius 3 is 2.20 bits per heavy atom. The van der Waals surface area contributed by atoms with E-state index in [0.29, 0.717) is 5.92 Å². The lowest BCUT2D eigenvalue weighted by atomic mass is 9.64. The number of rotatable bonds is 4. The molecule has 4 atom stereocenters. The van der Waals surface area contributed by atoms with E-state index < -0.39 is 0 Å². The number of para-hydroxylation sites is 2. The van der Waals surface area contributed by atoms with Gasteiger partial charge in [0.2, 0.25) is 0 Å². The average molecular weight is 782 g/mol. The van der Waals surface area contributed by atoms with Gasteiger partial charge in [-0.25, -0.2) is 4.57 Å². The molecule has 0 N–H and O–H groups in total. The Labute approximate surface area is 355 Å². The van der Waals surface area contributed by atoms with E-state index in [-0.39, 0.29) is 29.0 Å². The number of benzene rings is 5. The molecule has 5 aliphatic heterocycles. The predicted molar refractivity (Wildman–Crippen MR) is 247 cm³/mol. The van der Waals surface area contributed by atoms with Gasteiger partial charge >= 0.3 is 0 Å². The van der Waals surface area contributed by atoms with Gasteiger partial charge in [0.05, 0.1) is 28.2 Å². The van der Waals surface area contributed by atoms with Crippen molar-refractivity contribution in [3.8, 4) is 28.2 Å². The van der Waals surface area contributed by atoms with E-state index in [2.05, 4.69) is 213 Å². The minimum Gasteiger partial charge on any atom is -0.335 e. The summed E-state index contributed by atoms with van der Waals surface area (Å²) in [6.45, 7) is 16.9. The largest absolute Gasteiger partial charge is 0.335 e. The Morgan fingerprint density at radius 1 is 0.733 bits per heavy atom. The highest BCUT2D eigenvalue weighted by Gasteiger charge is 2.60. The molecule has 1 aliphatic carbocycles. The van der Waals surface area contributed by atoms with Crippen molar-refractivity contribution in [3.05, 3.63) is 190 Å². The molecule has 1 aromatic heterocycles. The third kappa shape index (κ3) is 4.24. The lowest BCUT2D eigenvalue weighted by Gasteiger charge is -2.56. The van der Waals surface area contributed by atoms with Crippen LogP contribution in [0.1, 0.15) is 118 Å². The van der Waals surface area contributed by atoms with Gasteiger partial charge in [-0.3, -0.25) is 0 Å². The van der Waals surface area contributed by atoms with E-state index >= 15 is 0 Å². The number of hydrogen-bond donors (Lipinski definition) is 0. The van der Waals surface area contributed by atoms with Gasteiger partial charge in [-0.05, 0) is 66.5 Å². The normalized spacial score (nSPS) is 23.2. The number of aromatic nitrogens is 2. The number of anilines is 1. The number of fused-ring (bicyclic) bond motifs is 14. The summed E-state index contributed by atoms with van der Waals surface area (Å²) in [5, 5.41) is 0. The zero-order valence-electron chi connectivity index (χ0n) is 35.9. The fraction of sp³-hybridized carbons (Fsp3) is 0.268. The van der Waals surface area contributed by atoms with Crippen molar-refractivity contribution < 1.29 is 4.57 Å². The molecule has 60 heavy (non-hydrogen) atoms. The molecule has 6 heterocycles. The molecular weight excluding hydrogens is 729 g/mol. The molecule has 12 rings (SSSR count). The summed E-state index contributed by atoms with van der Waals surface area (Å²) in [7, 11) is 0. The van der Waals surface area contributed by atoms with Gasteiger partial charge in [0.1, 0.15) is 30.4 Å². The minimum absolute atomic E-state index is 0.128. The van der Waals surface area contributed by atoms with Crippen molar-refractivity contribution in [1.29, 1.82) is 0 Å². The molecule has 0 saturated carbocycles. The van der Waals surface area contributed by atoms with Crippen LogP contribution in [-0.4, -0.2) is 21.2 Å². The van der Waals surface area contributed by atoms with Crippen molar-refractivity contribution in [2.45, 2.75) is 96.2 Å². The zero-order valence-corrected chi connectivity index (χ0v) is 35.9. The molecule has 0 spiro atoms. The highest BCUT2D eigenvalue weighted by atomic mass is 15.5. The zero-order chi connectivity index (χ0) is 40.8. The third-order valence-electron chi connectivity index (χ3n) is 15.8. The van der Waals surface area contributed by atoms with Crippen LogP contribution in [0.5, 0.6) is 0 Å². The lowest BCUT2D eigenvalue weighted by molar-refractivity contribution is -0.555. The predicted octanol–water partition coefficient (Wildman–Crippen LogP) is 13.0. The first-order chi connectivity index (χ1) is 29.2. The fourth-order valence-corrected chi connectivity index (χ4v) is 12.7. The molecule has 6 aliphatic rings. The maximum absolute atomic E-state index is 2.90. The number of nitrogens with zero attached hydrogens (tertiary/aromatic N) is 4. The maximum Gasteiger partial charge on any atom is 0.299 e. The Kier molecular flexibility index (Phi) is 7.43. The average Bonchev–Trinajstić information content (AvgIpc) is 3.81. The van der Waals surface area contributed by atoms with Gasteiger partial charge in [0.15, 0.2) is 0 Å². The number of allylic oxidation sites excluding steroid dienone is 2. The molecule has 0 radical (unpaired) electrons. The highest BCUT2D eigenvalue weighted by Crippen LogP contribution is 2.64. The Balaban J connectivity index is 1.23. The summed E-state index contributed by atoms with van der Waals surface area (Å²) < 4.78 is 5.07. The van der Waals surface area contributed by atoms with Crippen molar-refractivity contribution in [1.82, 2.24) is 9.47 Å². The SMILES string of the molecule is CCC1(CC)C(C2N3C(=C4c5ccccc5C5C=CC=C(C)C5(C)N42)c2ccccc2-c2ccccc23)=C[n+]2ccn3c2-c2c(cccc21)C(C)c1cccc(C(C)C)c1-3. The molecule has 6 aromatic rings. The van der Waals surface area contributed by atoms with E-state index in [9.17, 15) is 0 Å². The van der Waals surface area contributed by atoms with Gasteiger partial charge in [-0.1, -0.05) is 156 Å². The number of hydrogen-bond acceptors (Lipinski definition) is 2. The van der Waals surface area contributed by atoms with E-state index in [1.807, 2.05) is 0 Å². The second-order valence-electron chi connectivity index (χ2n) is 18.5. The molecule has 4 nitrogen and oxygen atoms in total. The first-order valence-corrected chi connectivity index (χ1v) is 22.3. The van der Waals surface area contributed by atoms with E-state index in [1.165, 1.54) is 95.4 Å². The van der Waals surface area contributed by atoms with Gasteiger partial charge < -0.3 is 9.80 Å². The van der Waals surface area contributed by atoms with Crippen LogP contribution in [0.15, 0.2) is 151 Å². The van der Waals surface area contributed by atoms with Crippen molar-refractivity contribution in [2.24, 2.45) is 0 Å². The van der Waals surface area contributed by atoms with Crippen LogP contribution in [0.2, 0.25) is 0 Å². The van der Waals surface area contributed by atoms with Crippen LogP contribution in [0, 0.1) is 0 Å². The molecule has 296 valence electrons. The lowest BCUT2D eigenvalue weighted by Crippen LogP contribution is -2.60. The van der Waals surface area contributed by atoms with Crippen LogP contribution in [-0.2, 0) is 5.41 Å². The molecule has 0 saturated heterocycles. The Morgan fingerprint density at radius 2 is 1.42 bits per heavy atom. The van der Waals surface area contributed by atoms with Crippen LogP contribution < -0.4 is 9.47 Å². The van der Waals surface area contributed by atoms with Crippen molar-refractivity contribution in [2.75, 3.05) is 4.90 Å². The van der Waals surface area contributed by atoms with Gasteiger partial charge in [0, 0.05) is 50.6 Å². The molecule has 0 amide bonds. The second-order valence-corrected chi connectivity index (χ2v) is 18.5. The highest BCUT2D eigenvalue weighted by molar-refractivity contribution is 6.10. The van der Waals surface area contributed by atoms with Crippen LogP contribution in [0.4, 0.5) is 5.69 Å². The van der Waals surface area contributed by atoms with E-state index in [0.717, 1.165) is 12.8 Å². The topological polar surface area (TPSA) is 15.3 Å².